The highest BCUT2D eigenvalue weighted by Crippen LogP contribution is 2.23. The third kappa shape index (κ3) is 5.63. The van der Waals surface area contributed by atoms with Gasteiger partial charge in [0.05, 0.1) is 14.2 Å². The van der Waals surface area contributed by atoms with Crippen molar-refractivity contribution in [3.8, 4) is 23.0 Å². The first-order chi connectivity index (χ1) is 13.7. The third-order valence-corrected chi connectivity index (χ3v) is 3.75. The van der Waals surface area contributed by atoms with Crippen LogP contribution in [0.5, 0.6) is 23.0 Å². The summed E-state index contributed by atoms with van der Waals surface area (Å²) in [6.45, 7) is -1.47. The van der Waals surface area contributed by atoms with E-state index in [9.17, 15) is 29.4 Å². The number of phenolic OH excluding ortho intramolecular Hbond substituents is 2. The molecule has 0 bridgehead atoms. The summed E-state index contributed by atoms with van der Waals surface area (Å²) in [5.74, 6) is -4.00. The molecule has 29 heavy (non-hydrogen) atoms. The molecule has 2 N–H and O–H groups in total. The standard InChI is InChI=1S/C20H18O9/c1-27-15-5-12(6-16(8-15)28-2)20(26)18(24)10-29-9-17(23)19(25)11-3-13(21)7-14(22)4-11/h3-8,21-22H,9-10H2,1-2H3. The molecule has 9 nitrogen and oxygen atoms in total. The monoisotopic (exact) mass is 402 g/mol. The molecular formula is C20H18O9. The predicted octanol–water partition coefficient (Wildman–Crippen LogP) is 1.34. The molecule has 0 spiro atoms. The van der Waals surface area contributed by atoms with Gasteiger partial charge in [-0.3, -0.25) is 19.2 Å². The minimum Gasteiger partial charge on any atom is -0.508 e. The summed E-state index contributed by atoms with van der Waals surface area (Å²) in [7, 11) is 2.78. The number of hydrogen-bond donors (Lipinski definition) is 2. The third-order valence-electron chi connectivity index (χ3n) is 3.75. The predicted molar refractivity (Wildman–Crippen MR) is 98.8 cm³/mol. The fraction of sp³-hybridized carbons (Fsp3) is 0.200. The molecule has 0 amide bonds. The molecule has 9 heteroatoms. The molecule has 0 aliphatic heterocycles. The highest BCUT2D eigenvalue weighted by atomic mass is 16.5. The minimum absolute atomic E-state index is 0.0208. The van der Waals surface area contributed by atoms with Gasteiger partial charge in [0.1, 0.15) is 36.2 Å². The Morgan fingerprint density at radius 3 is 1.52 bits per heavy atom. The Labute approximate surface area is 165 Å². The van der Waals surface area contributed by atoms with Crippen molar-refractivity contribution in [1.82, 2.24) is 0 Å². The van der Waals surface area contributed by atoms with Crippen molar-refractivity contribution in [1.29, 1.82) is 0 Å². The van der Waals surface area contributed by atoms with Crippen LogP contribution in [0, 0.1) is 0 Å². The lowest BCUT2D eigenvalue weighted by atomic mass is 10.1. The van der Waals surface area contributed by atoms with Gasteiger partial charge in [0.15, 0.2) is 0 Å². The summed E-state index contributed by atoms with van der Waals surface area (Å²) in [6, 6.07) is 7.24. The Balaban J connectivity index is 1.96. The van der Waals surface area contributed by atoms with Crippen LogP contribution in [0.2, 0.25) is 0 Å². The number of hydrogen-bond acceptors (Lipinski definition) is 9. The van der Waals surface area contributed by atoms with Gasteiger partial charge in [-0.2, -0.15) is 0 Å². The van der Waals surface area contributed by atoms with E-state index >= 15 is 0 Å². The number of benzene rings is 2. The minimum atomic E-state index is -1.02. The van der Waals surface area contributed by atoms with Crippen LogP contribution < -0.4 is 9.47 Å². The maximum absolute atomic E-state index is 12.2. The quantitative estimate of drug-likeness (QED) is 0.445. The molecule has 0 heterocycles. The molecular weight excluding hydrogens is 384 g/mol. The number of ketones is 4. The molecule has 0 saturated heterocycles. The fourth-order valence-electron chi connectivity index (χ4n) is 2.35. The summed E-state index contributed by atoms with van der Waals surface area (Å²) < 4.78 is 15.0. The van der Waals surface area contributed by atoms with Crippen molar-refractivity contribution in [2.45, 2.75) is 0 Å². The van der Waals surface area contributed by atoms with E-state index in [1.165, 1.54) is 32.4 Å². The molecule has 2 aromatic carbocycles. The SMILES string of the molecule is COc1cc(OC)cc(C(=O)C(=O)COCC(=O)C(=O)c2cc(O)cc(O)c2)c1. The lowest BCUT2D eigenvalue weighted by Gasteiger charge is -2.08. The molecule has 0 aliphatic rings. The van der Waals surface area contributed by atoms with Crippen molar-refractivity contribution in [3.05, 3.63) is 47.5 Å². The van der Waals surface area contributed by atoms with E-state index in [0.717, 1.165) is 18.2 Å². The molecule has 0 saturated carbocycles. The summed E-state index contributed by atoms with van der Waals surface area (Å²) in [4.78, 5) is 48.2. The van der Waals surface area contributed by atoms with Gasteiger partial charge in [-0.25, -0.2) is 0 Å². The van der Waals surface area contributed by atoms with Crippen molar-refractivity contribution in [2.75, 3.05) is 27.4 Å². The Morgan fingerprint density at radius 1 is 0.690 bits per heavy atom. The van der Waals surface area contributed by atoms with Crippen molar-refractivity contribution < 1.29 is 43.6 Å². The Kier molecular flexibility index (Phi) is 7.05. The number of phenols is 2. The molecule has 0 atom stereocenters. The first kappa shape index (κ1) is 21.6. The molecule has 2 rings (SSSR count). The van der Waals surface area contributed by atoms with Crippen LogP contribution in [-0.2, 0) is 14.3 Å². The van der Waals surface area contributed by atoms with E-state index in [1.807, 2.05) is 0 Å². The van der Waals surface area contributed by atoms with Crippen LogP contribution in [0.1, 0.15) is 20.7 Å². The second kappa shape index (κ2) is 9.47. The summed E-state index contributed by atoms with van der Waals surface area (Å²) in [6.07, 6.45) is 0. The average Bonchev–Trinajstić information content (AvgIpc) is 2.71. The van der Waals surface area contributed by atoms with Crippen LogP contribution >= 0.6 is 0 Å². The van der Waals surface area contributed by atoms with Crippen LogP contribution in [0.25, 0.3) is 0 Å². The normalized spacial score (nSPS) is 10.3. The highest BCUT2D eigenvalue weighted by Gasteiger charge is 2.21. The molecule has 0 unspecified atom stereocenters. The van der Waals surface area contributed by atoms with Gasteiger partial charge in [0, 0.05) is 23.3 Å². The van der Waals surface area contributed by atoms with Crippen LogP contribution in [0.3, 0.4) is 0 Å². The second-order valence-electron chi connectivity index (χ2n) is 5.84. The van der Waals surface area contributed by atoms with E-state index in [4.69, 9.17) is 14.2 Å². The van der Waals surface area contributed by atoms with Gasteiger partial charge >= 0.3 is 0 Å². The van der Waals surface area contributed by atoms with Gasteiger partial charge < -0.3 is 24.4 Å². The van der Waals surface area contributed by atoms with E-state index in [1.54, 1.807) is 0 Å². The zero-order valence-electron chi connectivity index (χ0n) is 15.6. The summed E-state index contributed by atoms with van der Waals surface area (Å²) >= 11 is 0. The van der Waals surface area contributed by atoms with Gasteiger partial charge in [-0.1, -0.05) is 0 Å². The Hall–Kier alpha value is -3.72. The number of Topliss-reactive ketones (excluding diaryl/α,β-unsaturated/α-hetero) is 4. The lowest BCUT2D eigenvalue weighted by molar-refractivity contribution is -0.124. The number of ether oxygens (including phenoxy) is 3. The van der Waals surface area contributed by atoms with Crippen molar-refractivity contribution in [3.63, 3.8) is 0 Å². The topological polar surface area (TPSA) is 136 Å². The maximum atomic E-state index is 12.2. The van der Waals surface area contributed by atoms with Gasteiger partial charge in [-0.05, 0) is 24.3 Å². The number of carbonyl (C=O) groups excluding carboxylic acids is 4. The summed E-state index contributed by atoms with van der Waals surface area (Å²) in [5.41, 5.74) is -0.214. The Morgan fingerprint density at radius 2 is 1.10 bits per heavy atom. The van der Waals surface area contributed by atoms with Crippen molar-refractivity contribution in [2.24, 2.45) is 0 Å². The van der Waals surface area contributed by atoms with Crippen molar-refractivity contribution >= 4 is 23.1 Å². The van der Waals surface area contributed by atoms with E-state index < -0.39 is 47.8 Å². The summed E-state index contributed by atoms with van der Waals surface area (Å²) in [5, 5.41) is 18.7. The number of methoxy groups -OCH3 is 2. The van der Waals surface area contributed by atoms with Gasteiger partial charge in [-0.15, -0.1) is 0 Å². The first-order valence-corrected chi connectivity index (χ1v) is 8.24. The zero-order chi connectivity index (χ0) is 21.6. The zero-order valence-corrected chi connectivity index (χ0v) is 15.6. The first-order valence-electron chi connectivity index (χ1n) is 8.24. The smallest absolute Gasteiger partial charge is 0.231 e. The maximum Gasteiger partial charge on any atom is 0.231 e. The van der Waals surface area contributed by atoms with Crippen LogP contribution in [0.4, 0.5) is 0 Å². The molecule has 0 fully saturated rings. The molecule has 152 valence electrons. The molecule has 2 aromatic rings. The van der Waals surface area contributed by atoms with E-state index in [-0.39, 0.29) is 11.1 Å². The highest BCUT2D eigenvalue weighted by molar-refractivity contribution is 6.45. The number of aromatic hydroxyl groups is 2. The number of rotatable bonds is 10. The number of carbonyl (C=O) groups is 4. The average molecular weight is 402 g/mol. The molecule has 0 radical (unpaired) electrons. The van der Waals surface area contributed by atoms with Crippen LogP contribution in [0.15, 0.2) is 36.4 Å². The second-order valence-corrected chi connectivity index (χ2v) is 5.84. The fourth-order valence-corrected chi connectivity index (χ4v) is 2.35. The van der Waals surface area contributed by atoms with Crippen LogP contribution in [-0.4, -0.2) is 60.8 Å². The van der Waals surface area contributed by atoms with E-state index in [0.29, 0.717) is 11.5 Å². The molecule has 0 aromatic heterocycles. The molecule has 0 aliphatic carbocycles. The van der Waals surface area contributed by atoms with E-state index in [2.05, 4.69) is 0 Å². The lowest BCUT2D eigenvalue weighted by Crippen LogP contribution is -2.25. The largest absolute Gasteiger partial charge is 0.508 e. The Bertz CT molecular complexity index is 920. The van der Waals surface area contributed by atoms with Gasteiger partial charge in [0.25, 0.3) is 0 Å². The van der Waals surface area contributed by atoms with Gasteiger partial charge in [0.2, 0.25) is 23.1 Å².